The Hall–Kier alpha value is -1.70. The fourth-order valence-corrected chi connectivity index (χ4v) is 5.09. The number of ketones is 2. The van der Waals surface area contributed by atoms with Crippen LogP contribution in [0, 0.1) is 23.7 Å². The summed E-state index contributed by atoms with van der Waals surface area (Å²) in [6.07, 6.45) is 15.6. The molecule has 0 aromatic carbocycles. The van der Waals surface area contributed by atoms with Gasteiger partial charge in [0.15, 0.2) is 11.6 Å². The van der Waals surface area contributed by atoms with E-state index in [2.05, 4.69) is 39.8 Å². The van der Waals surface area contributed by atoms with E-state index in [1.807, 2.05) is 12.2 Å². The highest BCUT2D eigenvalue weighted by atomic mass is 16.1. The highest BCUT2D eigenvalue weighted by molar-refractivity contribution is 6.28. The molecule has 3 rings (SSSR count). The van der Waals surface area contributed by atoms with Gasteiger partial charge in [-0.15, -0.1) is 0 Å². The third-order valence-electron chi connectivity index (χ3n) is 6.74. The van der Waals surface area contributed by atoms with Crippen molar-refractivity contribution in [1.29, 1.82) is 0 Å². The Morgan fingerprint density at radius 3 is 1.93 bits per heavy atom. The summed E-state index contributed by atoms with van der Waals surface area (Å²) in [5, 5.41) is 0. The molecule has 0 saturated heterocycles. The molecule has 27 heavy (non-hydrogen) atoms. The summed E-state index contributed by atoms with van der Waals surface area (Å²) in [6.45, 7) is 8.75. The molecular weight excluding hydrogens is 332 g/mol. The van der Waals surface area contributed by atoms with Crippen molar-refractivity contribution in [2.45, 2.75) is 72.6 Å². The molecule has 0 heterocycles. The molecule has 0 spiro atoms. The normalized spacial score (nSPS) is 30.1. The van der Waals surface area contributed by atoms with Crippen LogP contribution in [0.25, 0.3) is 0 Å². The quantitative estimate of drug-likeness (QED) is 0.507. The molecule has 2 heteroatoms. The van der Waals surface area contributed by atoms with Crippen LogP contribution in [0.5, 0.6) is 0 Å². The van der Waals surface area contributed by atoms with Gasteiger partial charge in [-0.25, -0.2) is 0 Å². The summed E-state index contributed by atoms with van der Waals surface area (Å²) in [4.78, 5) is 27.1. The SMILES string of the molecule is CCCCC1C2=C(C=CC1C)C(=O)C1=C(C2=O)C(CCCC)C(CC)C=C1. The van der Waals surface area contributed by atoms with Crippen molar-refractivity contribution in [3.05, 3.63) is 46.6 Å². The maximum atomic E-state index is 13.8. The van der Waals surface area contributed by atoms with Gasteiger partial charge in [0, 0.05) is 22.3 Å². The number of unbranched alkanes of at least 4 members (excludes halogenated alkanes) is 2. The second-order valence-electron chi connectivity index (χ2n) is 8.46. The summed E-state index contributed by atoms with van der Waals surface area (Å²) in [5.41, 5.74) is 3.02. The Morgan fingerprint density at radius 1 is 0.778 bits per heavy atom. The van der Waals surface area contributed by atoms with Gasteiger partial charge in [0.1, 0.15) is 0 Å². The van der Waals surface area contributed by atoms with Crippen molar-refractivity contribution in [2.75, 3.05) is 0 Å². The average molecular weight is 367 g/mol. The molecule has 0 amide bonds. The zero-order valence-corrected chi connectivity index (χ0v) is 17.4. The van der Waals surface area contributed by atoms with Crippen LogP contribution in [0.1, 0.15) is 72.6 Å². The molecule has 0 aromatic rings. The molecule has 4 unspecified atom stereocenters. The van der Waals surface area contributed by atoms with Gasteiger partial charge < -0.3 is 0 Å². The maximum absolute atomic E-state index is 13.8. The summed E-state index contributed by atoms with van der Waals surface area (Å²) >= 11 is 0. The first-order valence-electron chi connectivity index (χ1n) is 11.0. The minimum atomic E-state index is 0.0801. The van der Waals surface area contributed by atoms with E-state index < -0.39 is 0 Å². The van der Waals surface area contributed by atoms with Crippen LogP contribution in [0.4, 0.5) is 0 Å². The Bertz CT molecular complexity index is 731. The molecule has 3 aliphatic rings. The number of Topliss-reactive ketones (excluding diaryl/α,β-unsaturated/α-hetero) is 2. The van der Waals surface area contributed by atoms with Crippen LogP contribution >= 0.6 is 0 Å². The van der Waals surface area contributed by atoms with E-state index in [4.69, 9.17) is 0 Å². The molecule has 3 aliphatic carbocycles. The van der Waals surface area contributed by atoms with Crippen LogP contribution in [-0.2, 0) is 9.59 Å². The lowest BCUT2D eigenvalue weighted by Gasteiger charge is -2.38. The molecule has 0 radical (unpaired) electrons. The standard InChI is InChI=1S/C25H34O2/c1-5-8-10-18-16(4)12-14-20-22(18)25(27)23-19(11-9-6-2)17(7-3)13-15-21(23)24(20)26/h12-19H,5-11H2,1-4H3. The number of hydrogen-bond donors (Lipinski definition) is 0. The first-order chi connectivity index (χ1) is 13.0. The number of hydrogen-bond acceptors (Lipinski definition) is 2. The summed E-state index contributed by atoms with van der Waals surface area (Å²) in [7, 11) is 0. The third kappa shape index (κ3) is 3.56. The Kier molecular flexibility index (Phi) is 6.34. The monoisotopic (exact) mass is 366 g/mol. The zero-order valence-electron chi connectivity index (χ0n) is 17.4. The topological polar surface area (TPSA) is 34.1 Å². The lowest BCUT2D eigenvalue weighted by molar-refractivity contribution is -0.117. The third-order valence-corrected chi connectivity index (χ3v) is 6.74. The van der Waals surface area contributed by atoms with Crippen LogP contribution in [0.2, 0.25) is 0 Å². The molecule has 0 N–H and O–H groups in total. The molecule has 0 aromatic heterocycles. The van der Waals surface area contributed by atoms with E-state index in [0.29, 0.717) is 23.0 Å². The van der Waals surface area contributed by atoms with Crippen LogP contribution in [0.3, 0.4) is 0 Å². The van der Waals surface area contributed by atoms with E-state index in [9.17, 15) is 9.59 Å². The predicted octanol–water partition coefficient (Wildman–Crippen LogP) is 6.15. The van der Waals surface area contributed by atoms with Crippen LogP contribution in [-0.4, -0.2) is 11.6 Å². The van der Waals surface area contributed by atoms with Gasteiger partial charge in [0.25, 0.3) is 0 Å². The fraction of sp³-hybridized carbons (Fsp3) is 0.600. The smallest absolute Gasteiger partial charge is 0.193 e. The summed E-state index contributed by atoms with van der Waals surface area (Å²) in [6, 6.07) is 0. The van der Waals surface area contributed by atoms with Gasteiger partial charge in [-0.1, -0.05) is 77.7 Å². The highest BCUT2D eigenvalue weighted by Gasteiger charge is 2.43. The van der Waals surface area contributed by atoms with Crippen LogP contribution in [0.15, 0.2) is 46.6 Å². The second-order valence-corrected chi connectivity index (χ2v) is 8.46. The van der Waals surface area contributed by atoms with Gasteiger partial charge >= 0.3 is 0 Å². The highest BCUT2D eigenvalue weighted by Crippen LogP contribution is 2.46. The number of carbonyl (C=O) groups is 2. The number of carbonyl (C=O) groups excluding carboxylic acids is 2. The van der Waals surface area contributed by atoms with Crippen molar-refractivity contribution in [2.24, 2.45) is 23.7 Å². The Balaban J connectivity index is 2.04. The minimum Gasteiger partial charge on any atom is -0.289 e. The van der Waals surface area contributed by atoms with Crippen molar-refractivity contribution >= 4 is 11.6 Å². The summed E-state index contributed by atoms with van der Waals surface area (Å²) in [5.74, 6) is 1.35. The minimum absolute atomic E-state index is 0.0801. The maximum Gasteiger partial charge on any atom is 0.193 e. The van der Waals surface area contributed by atoms with Crippen molar-refractivity contribution in [3.63, 3.8) is 0 Å². The first kappa shape index (κ1) is 20.0. The molecule has 0 bridgehead atoms. The van der Waals surface area contributed by atoms with E-state index >= 15 is 0 Å². The van der Waals surface area contributed by atoms with E-state index in [1.165, 1.54) is 0 Å². The zero-order chi connectivity index (χ0) is 19.6. The van der Waals surface area contributed by atoms with Crippen molar-refractivity contribution in [1.82, 2.24) is 0 Å². The largest absolute Gasteiger partial charge is 0.289 e. The van der Waals surface area contributed by atoms with Gasteiger partial charge in [-0.05, 0) is 42.9 Å². The van der Waals surface area contributed by atoms with E-state index in [1.54, 1.807) is 0 Å². The van der Waals surface area contributed by atoms with E-state index in [0.717, 1.165) is 56.1 Å². The Labute approximate surface area is 164 Å². The van der Waals surface area contributed by atoms with Crippen molar-refractivity contribution < 1.29 is 9.59 Å². The lowest BCUT2D eigenvalue weighted by atomic mass is 9.64. The summed E-state index contributed by atoms with van der Waals surface area (Å²) < 4.78 is 0. The molecular formula is C25H34O2. The predicted molar refractivity (Wildman–Crippen MR) is 111 cm³/mol. The van der Waals surface area contributed by atoms with E-state index in [-0.39, 0.29) is 23.4 Å². The molecule has 4 atom stereocenters. The van der Waals surface area contributed by atoms with Crippen LogP contribution < -0.4 is 0 Å². The lowest BCUT2D eigenvalue weighted by Crippen LogP contribution is -2.36. The van der Waals surface area contributed by atoms with Gasteiger partial charge in [-0.3, -0.25) is 9.59 Å². The van der Waals surface area contributed by atoms with Gasteiger partial charge in [0.2, 0.25) is 0 Å². The Morgan fingerprint density at radius 2 is 1.33 bits per heavy atom. The molecule has 0 fully saturated rings. The van der Waals surface area contributed by atoms with Crippen molar-refractivity contribution in [3.8, 4) is 0 Å². The molecule has 146 valence electrons. The molecule has 0 aliphatic heterocycles. The molecule has 2 nitrogen and oxygen atoms in total. The van der Waals surface area contributed by atoms with Gasteiger partial charge in [-0.2, -0.15) is 0 Å². The van der Waals surface area contributed by atoms with Gasteiger partial charge in [0.05, 0.1) is 0 Å². The number of allylic oxidation sites excluding steroid dienone is 8. The molecule has 0 saturated carbocycles. The fourth-order valence-electron chi connectivity index (χ4n) is 5.09. The average Bonchev–Trinajstić information content (AvgIpc) is 2.68. The first-order valence-corrected chi connectivity index (χ1v) is 11.0. The number of rotatable bonds is 7. The second kappa shape index (κ2) is 8.54.